The van der Waals surface area contributed by atoms with Gasteiger partial charge in [-0.1, -0.05) is 0 Å². The maximum atomic E-state index is 14.6. The summed E-state index contributed by atoms with van der Waals surface area (Å²) in [7, 11) is 0. The molecule has 0 saturated carbocycles. The Balaban J connectivity index is 2.30. The lowest BCUT2D eigenvalue weighted by molar-refractivity contribution is -0.384. The van der Waals surface area contributed by atoms with Gasteiger partial charge in [-0.3, -0.25) is 10.1 Å². The number of benzene rings is 1. The molecule has 1 aromatic carbocycles. The number of nitrogens with one attached hydrogen (secondary N) is 1. The highest BCUT2D eigenvalue weighted by Crippen LogP contribution is 2.31. The second kappa shape index (κ2) is 6.49. The normalized spacial score (nSPS) is 17.3. The topological polar surface area (TPSA) is 90.7 Å². The van der Waals surface area contributed by atoms with Crippen LogP contribution in [0.3, 0.4) is 0 Å². The number of carbonyl (C=O) groups is 1. The molecule has 1 unspecified atom stereocenters. The maximum Gasteiger partial charge on any atom is 0.341 e. The van der Waals surface area contributed by atoms with E-state index in [1.165, 1.54) is 0 Å². The summed E-state index contributed by atoms with van der Waals surface area (Å²) in [5.41, 5.74) is -1.90. The molecule has 7 nitrogen and oxygen atoms in total. The van der Waals surface area contributed by atoms with E-state index in [9.17, 15) is 19.3 Å². The second-order valence-electron chi connectivity index (χ2n) is 6.24. The third-order valence-corrected chi connectivity index (χ3v) is 3.24. The summed E-state index contributed by atoms with van der Waals surface area (Å²) < 4.78 is 24.9. The molecule has 0 spiro atoms. The van der Waals surface area contributed by atoms with Gasteiger partial charge in [-0.15, -0.1) is 0 Å². The number of hydrogen-bond donors (Lipinski definition) is 1. The fourth-order valence-electron chi connectivity index (χ4n) is 2.04. The Morgan fingerprint density at radius 1 is 1.52 bits per heavy atom. The van der Waals surface area contributed by atoms with Gasteiger partial charge in [-0.25, -0.2) is 9.18 Å². The minimum Gasteiger partial charge on any atom is -0.456 e. The second-order valence-corrected chi connectivity index (χ2v) is 6.24. The fourth-order valence-corrected chi connectivity index (χ4v) is 2.04. The van der Waals surface area contributed by atoms with Crippen molar-refractivity contribution < 1.29 is 23.6 Å². The summed E-state index contributed by atoms with van der Waals surface area (Å²) in [5.74, 6) is -1.86. The summed E-state index contributed by atoms with van der Waals surface area (Å²) in [6.45, 7) is 5.81. The molecule has 0 amide bonds. The number of nitro benzene ring substituents is 1. The highest BCUT2D eigenvalue weighted by molar-refractivity contribution is 5.92. The molecule has 8 heteroatoms. The molecule has 1 aromatic rings. The third-order valence-electron chi connectivity index (χ3n) is 3.24. The van der Waals surface area contributed by atoms with E-state index in [4.69, 9.17) is 9.47 Å². The molecule has 0 bridgehead atoms. The average molecular weight is 326 g/mol. The first-order valence-corrected chi connectivity index (χ1v) is 7.25. The molecule has 2 rings (SSSR count). The van der Waals surface area contributed by atoms with Crippen molar-refractivity contribution in [2.45, 2.75) is 38.9 Å². The number of hydrogen-bond acceptors (Lipinski definition) is 6. The van der Waals surface area contributed by atoms with Gasteiger partial charge in [0.25, 0.3) is 5.69 Å². The van der Waals surface area contributed by atoms with E-state index < -0.39 is 28.0 Å². The van der Waals surface area contributed by atoms with Gasteiger partial charge in [0.05, 0.1) is 16.6 Å². The number of rotatable bonds is 5. The number of esters is 1. The molecule has 23 heavy (non-hydrogen) atoms. The Bertz CT molecular complexity index is 623. The van der Waals surface area contributed by atoms with Crippen molar-refractivity contribution in [1.29, 1.82) is 0 Å². The fraction of sp³-hybridized carbons (Fsp3) is 0.533. The molecule has 126 valence electrons. The van der Waals surface area contributed by atoms with E-state index in [1.54, 1.807) is 20.8 Å². The largest absolute Gasteiger partial charge is 0.456 e. The van der Waals surface area contributed by atoms with Gasteiger partial charge in [-0.2, -0.15) is 0 Å². The van der Waals surface area contributed by atoms with Crippen LogP contribution in [-0.4, -0.2) is 35.7 Å². The van der Waals surface area contributed by atoms with Crippen molar-refractivity contribution in [1.82, 2.24) is 0 Å². The molecule has 1 aliphatic heterocycles. The zero-order valence-electron chi connectivity index (χ0n) is 13.2. The number of nitro groups is 1. The lowest BCUT2D eigenvalue weighted by Crippen LogP contribution is -2.34. The van der Waals surface area contributed by atoms with Crippen LogP contribution in [0.15, 0.2) is 12.1 Å². The summed E-state index contributed by atoms with van der Waals surface area (Å²) in [4.78, 5) is 22.4. The Morgan fingerprint density at radius 2 is 2.17 bits per heavy atom. The molecule has 1 saturated heterocycles. The van der Waals surface area contributed by atoms with Crippen LogP contribution in [0.1, 0.15) is 37.6 Å². The van der Waals surface area contributed by atoms with Gasteiger partial charge in [0, 0.05) is 19.2 Å². The van der Waals surface area contributed by atoms with Crippen LogP contribution < -0.4 is 5.32 Å². The third kappa shape index (κ3) is 4.16. The Hall–Kier alpha value is -2.22. The first-order chi connectivity index (χ1) is 10.7. The van der Waals surface area contributed by atoms with Crippen molar-refractivity contribution in [3.63, 3.8) is 0 Å². The van der Waals surface area contributed by atoms with Crippen LogP contribution >= 0.6 is 0 Å². The van der Waals surface area contributed by atoms with Gasteiger partial charge < -0.3 is 14.8 Å². The van der Waals surface area contributed by atoms with Gasteiger partial charge in [0.15, 0.2) is 11.5 Å². The van der Waals surface area contributed by atoms with Gasteiger partial charge in [-0.05, 0) is 33.3 Å². The highest BCUT2D eigenvalue weighted by Gasteiger charge is 2.28. The van der Waals surface area contributed by atoms with E-state index in [1.807, 2.05) is 0 Å². The van der Waals surface area contributed by atoms with Crippen molar-refractivity contribution >= 4 is 17.3 Å². The van der Waals surface area contributed by atoms with Crippen LogP contribution in [0.2, 0.25) is 0 Å². The van der Waals surface area contributed by atoms with Crippen molar-refractivity contribution in [2.75, 3.05) is 18.5 Å². The molecular formula is C15H19FN2O5. The molecule has 1 aliphatic rings. The first kappa shape index (κ1) is 17.1. The summed E-state index contributed by atoms with van der Waals surface area (Å²) in [6.07, 6.45) is 0.688. The Morgan fingerprint density at radius 3 is 2.65 bits per heavy atom. The van der Waals surface area contributed by atoms with Crippen LogP contribution in [0.25, 0.3) is 0 Å². The number of ether oxygens (including phenoxy) is 2. The number of halogens is 1. The van der Waals surface area contributed by atoms with Crippen molar-refractivity contribution in [2.24, 2.45) is 0 Å². The summed E-state index contributed by atoms with van der Waals surface area (Å²) >= 11 is 0. The predicted molar refractivity (Wildman–Crippen MR) is 81.1 cm³/mol. The Kier molecular flexibility index (Phi) is 4.84. The van der Waals surface area contributed by atoms with E-state index in [-0.39, 0.29) is 23.9 Å². The van der Waals surface area contributed by atoms with Gasteiger partial charge in [0.2, 0.25) is 0 Å². The van der Waals surface area contributed by atoms with E-state index in [2.05, 4.69) is 5.32 Å². The van der Waals surface area contributed by atoms with E-state index in [0.29, 0.717) is 6.61 Å². The van der Waals surface area contributed by atoms with E-state index in [0.717, 1.165) is 18.6 Å². The smallest absolute Gasteiger partial charge is 0.341 e. The predicted octanol–water partition coefficient (Wildman–Crippen LogP) is 2.89. The maximum absolute atomic E-state index is 14.6. The van der Waals surface area contributed by atoms with Gasteiger partial charge in [0.1, 0.15) is 5.60 Å². The lowest BCUT2D eigenvalue weighted by Gasteiger charge is -2.27. The molecule has 1 atom stereocenters. The zero-order chi connectivity index (χ0) is 17.2. The van der Waals surface area contributed by atoms with Crippen molar-refractivity contribution in [3.8, 4) is 0 Å². The minimum absolute atomic E-state index is 0.112. The van der Waals surface area contributed by atoms with Crippen LogP contribution in [0.4, 0.5) is 15.8 Å². The summed E-state index contributed by atoms with van der Waals surface area (Å²) in [6, 6.07) is 2.15. The standard InChI is InChI=1S/C15H19FN2O5/c1-15(2,3)23-14(19)10-4-5-11(18(20)21)13(12(10)16)17-8-9-6-7-22-9/h4-5,9,17H,6-8H2,1-3H3. The Labute approximate surface area is 132 Å². The zero-order valence-corrected chi connectivity index (χ0v) is 13.2. The molecule has 1 N–H and O–H groups in total. The van der Waals surface area contributed by atoms with Crippen LogP contribution in [-0.2, 0) is 9.47 Å². The molecule has 0 aromatic heterocycles. The molecule has 1 fully saturated rings. The van der Waals surface area contributed by atoms with Crippen molar-refractivity contribution in [3.05, 3.63) is 33.6 Å². The minimum atomic E-state index is -0.993. The SMILES string of the molecule is CC(C)(C)OC(=O)c1ccc([N+](=O)[O-])c(NCC2CCO2)c1F. The lowest BCUT2D eigenvalue weighted by atomic mass is 10.1. The van der Waals surface area contributed by atoms with Crippen LogP contribution in [0, 0.1) is 15.9 Å². The quantitative estimate of drug-likeness (QED) is 0.508. The molecular weight excluding hydrogens is 307 g/mol. The molecule has 1 heterocycles. The number of nitrogens with zero attached hydrogens (tertiary/aromatic N) is 1. The monoisotopic (exact) mass is 326 g/mol. The first-order valence-electron chi connectivity index (χ1n) is 7.25. The van der Waals surface area contributed by atoms with Crippen LogP contribution in [0.5, 0.6) is 0 Å². The average Bonchev–Trinajstić information content (AvgIpc) is 2.35. The molecule has 0 aliphatic carbocycles. The highest BCUT2D eigenvalue weighted by atomic mass is 19.1. The van der Waals surface area contributed by atoms with E-state index >= 15 is 0 Å². The molecule has 0 radical (unpaired) electrons. The number of carbonyl (C=O) groups excluding carboxylic acids is 1. The summed E-state index contributed by atoms with van der Waals surface area (Å²) in [5, 5.41) is 13.7. The number of anilines is 1. The van der Waals surface area contributed by atoms with Gasteiger partial charge >= 0.3 is 5.97 Å².